The molecule has 1 unspecified atom stereocenters. The summed E-state index contributed by atoms with van der Waals surface area (Å²) in [4.78, 5) is 15.3. The number of rotatable bonds is 3. The number of pyridine rings is 1. The Bertz CT molecular complexity index is 568. The SMILES string of the molecule is CC(NC(=O)c1cccnc1F)c1nncn1C. The predicted molar refractivity (Wildman–Crippen MR) is 61.1 cm³/mol. The molecule has 0 saturated heterocycles. The third kappa shape index (κ3) is 2.34. The van der Waals surface area contributed by atoms with Crippen LogP contribution in [-0.4, -0.2) is 25.7 Å². The van der Waals surface area contributed by atoms with E-state index in [2.05, 4.69) is 20.5 Å². The summed E-state index contributed by atoms with van der Waals surface area (Å²) in [6, 6.07) is 2.51. The predicted octanol–water partition coefficient (Wildman–Crippen LogP) is 0.840. The first-order chi connectivity index (χ1) is 8.59. The molecular formula is C11H12FN5O. The van der Waals surface area contributed by atoms with E-state index in [1.54, 1.807) is 18.5 Å². The van der Waals surface area contributed by atoms with Crippen LogP contribution in [-0.2, 0) is 7.05 Å². The number of aryl methyl sites for hydroxylation is 1. The third-order valence-corrected chi connectivity index (χ3v) is 2.49. The van der Waals surface area contributed by atoms with Crippen molar-refractivity contribution in [2.75, 3.05) is 0 Å². The smallest absolute Gasteiger partial charge is 0.256 e. The minimum atomic E-state index is -0.792. The van der Waals surface area contributed by atoms with E-state index in [0.29, 0.717) is 5.82 Å². The lowest BCUT2D eigenvalue weighted by Gasteiger charge is -2.12. The van der Waals surface area contributed by atoms with Gasteiger partial charge in [0, 0.05) is 13.2 Å². The van der Waals surface area contributed by atoms with Crippen molar-refractivity contribution in [1.82, 2.24) is 25.1 Å². The van der Waals surface area contributed by atoms with E-state index >= 15 is 0 Å². The zero-order valence-corrected chi connectivity index (χ0v) is 9.96. The molecule has 18 heavy (non-hydrogen) atoms. The Labute approximate surface area is 103 Å². The van der Waals surface area contributed by atoms with E-state index < -0.39 is 11.9 Å². The number of amides is 1. The number of hydrogen-bond acceptors (Lipinski definition) is 4. The topological polar surface area (TPSA) is 72.7 Å². The van der Waals surface area contributed by atoms with Gasteiger partial charge in [0.05, 0.1) is 11.6 Å². The minimum absolute atomic E-state index is 0.0912. The summed E-state index contributed by atoms with van der Waals surface area (Å²) in [5.74, 6) is -0.732. The molecule has 94 valence electrons. The lowest BCUT2D eigenvalue weighted by atomic mass is 10.2. The molecule has 1 N–H and O–H groups in total. The summed E-state index contributed by atoms with van der Waals surface area (Å²) in [5, 5.41) is 10.2. The Morgan fingerprint density at radius 3 is 2.94 bits per heavy atom. The van der Waals surface area contributed by atoms with Crippen LogP contribution in [0, 0.1) is 5.95 Å². The first-order valence-corrected chi connectivity index (χ1v) is 5.35. The molecule has 6 nitrogen and oxygen atoms in total. The fourth-order valence-corrected chi connectivity index (χ4v) is 1.58. The number of carbonyl (C=O) groups excluding carboxylic acids is 1. The van der Waals surface area contributed by atoms with Crippen LogP contribution in [0.2, 0.25) is 0 Å². The average molecular weight is 249 g/mol. The summed E-state index contributed by atoms with van der Waals surface area (Å²) in [6.45, 7) is 1.75. The van der Waals surface area contributed by atoms with Crippen molar-refractivity contribution in [2.24, 2.45) is 7.05 Å². The second kappa shape index (κ2) is 4.91. The molecule has 0 spiro atoms. The van der Waals surface area contributed by atoms with Crippen LogP contribution in [0.5, 0.6) is 0 Å². The van der Waals surface area contributed by atoms with Gasteiger partial charge in [0.15, 0.2) is 5.82 Å². The maximum absolute atomic E-state index is 13.3. The second-order valence-corrected chi connectivity index (χ2v) is 3.84. The average Bonchev–Trinajstić information content (AvgIpc) is 2.76. The molecule has 0 saturated carbocycles. The Balaban J connectivity index is 2.13. The maximum atomic E-state index is 13.3. The van der Waals surface area contributed by atoms with Crippen LogP contribution >= 0.6 is 0 Å². The minimum Gasteiger partial charge on any atom is -0.342 e. The molecule has 1 atom stereocenters. The lowest BCUT2D eigenvalue weighted by Crippen LogP contribution is -2.29. The van der Waals surface area contributed by atoms with E-state index in [0.717, 1.165) is 0 Å². The fraction of sp³-hybridized carbons (Fsp3) is 0.273. The highest BCUT2D eigenvalue weighted by atomic mass is 19.1. The largest absolute Gasteiger partial charge is 0.342 e. The van der Waals surface area contributed by atoms with Crippen LogP contribution in [0.4, 0.5) is 4.39 Å². The second-order valence-electron chi connectivity index (χ2n) is 3.84. The van der Waals surface area contributed by atoms with Crippen LogP contribution in [0.25, 0.3) is 0 Å². The molecule has 0 radical (unpaired) electrons. The molecule has 2 aromatic rings. The maximum Gasteiger partial charge on any atom is 0.256 e. The van der Waals surface area contributed by atoms with Crippen molar-refractivity contribution < 1.29 is 9.18 Å². The van der Waals surface area contributed by atoms with Gasteiger partial charge in [0.2, 0.25) is 5.95 Å². The van der Waals surface area contributed by atoms with Crippen molar-refractivity contribution in [1.29, 1.82) is 0 Å². The van der Waals surface area contributed by atoms with Crippen molar-refractivity contribution in [3.63, 3.8) is 0 Å². The molecule has 1 amide bonds. The van der Waals surface area contributed by atoms with E-state index in [1.807, 2.05) is 0 Å². The number of hydrogen-bond donors (Lipinski definition) is 1. The van der Waals surface area contributed by atoms with Gasteiger partial charge in [-0.25, -0.2) is 4.98 Å². The molecule has 2 rings (SSSR count). The van der Waals surface area contributed by atoms with Gasteiger partial charge in [-0.15, -0.1) is 10.2 Å². The van der Waals surface area contributed by atoms with E-state index in [-0.39, 0.29) is 11.6 Å². The number of aromatic nitrogens is 4. The van der Waals surface area contributed by atoms with Gasteiger partial charge in [-0.2, -0.15) is 4.39 Å². The van der Waals surface area contributed by atoms with E-state index in [4.69, 9.17) is 0 Å². The van der Waals surface area contributed by atoms with Crippen molar-refractivity contribution in [3.8, 4) is 0 Å². The molecule has 0 fully saturated rings. The Morgan fingerprint density at radius 1 is 1.56 bits per heavy atom. The van der Waals surface area contributed by atoms with Crippen molar-refractivity contribution >= 4 is 5.91 Å². The molecule has 7 heteroatoms. The van der Waals surface area contributed by atoms with Gasteiger partial charge in [-0.3, -0.25) is 4.79 Å². The number of nitrogens with one attached hydrogen (secondary N) is 1. The van der Waals surface area contributed by atoms with Crippen molar-refractivity contribution in [3.05, 3.63) is 42.0 Å². The highest BCUT2D eigenvalue weighted by Crippen LogP contribution is 2.10. The summed E-state index contributed by atoms with van der Waals surface area (Å²) in [5.41, 5.74) is -0.0912. The van der Waals surface area contributed by atoms with Crippen LogP contribution in [0.15, 0.2) is 24.7 Å². The van der Waals surface area contributed by atoms with Crippen molar-refractivity contribution in [2.45, 2.75) is 13.0 Å². The monoisotopic (exact) mass is 249 g/mol. The molecule has 2 heterocycles. The summed E-state index contributed by atoms with van der Waals surface area (Å²) >= 11 is 0. The van der Waals surface area contributed by atoms with Crippen LogP contribution < -0.4 is 5.32 Å². The Hall–Kier alpha value is -2.31. The zero-order chi connectivity index (χ0) is 13.1. The third-order valence-electron chi connectivity index (χ3n) is 2.49. The van der Waals surface area contributed by atoms with Crippen LogP contribution in [0.3, 0.4) is 0 Å². The molecular weight excluding hydrogens is 237 g/mol. The van der Waals surface area contributed by atoms with E-state index in [1.165, 1.54) is 24.7 Å². The number of nitrogens with zero attached hydrogens (tertiary/aromatic N) is 4. The number of halogens is 1. The lowest BCUT2D eigenvalue weighted by molar-refractivity contribution is 0.0932. The van der Waals surface area contributed by atoms with E-state index in [9.17, 15) is 9.18 Å². The zero-order valence-electron chi connectivity index (χ0n) is 9.96. The molecule has 0 aliphatic carbocycles. The summed E-state index contributed by atoms with van der Waals surface area (Å²) in [6.07, 6.45) is 2.82. The summed E-state index contributed by atoms with van der Waals surface area (Å²) < 4.78 is 15.0. The van der Waals surface area contributed by atoms with Gasteiger partial charge in [0.1, 0.15) is 6.33 Å². The van der Waals surface area contributed by atoms with Gasteiger partial charge < -0.3 is 9.88 Å². The highest BCUT2D eigenvalue weighted by Gasteiger charge is 2.17. The molecule has 0 bridgehead atoms. The highest BCUT2D eigenvalue weighted by molar-refractivity contribution is 5.94. The first kappa shape index (κ1) is 12.2. The fourth-order valence-electron chi connectivity index (χ4n) is 1.58. The molecule has 0 aromatic carbocycles. The Morgan fingerprint density at radius 2 is 2.33 bits per heavy atom. The number of carbonyl (C=O) groups is 1. The first-order valence-electron chi connectivity index (χ1n) is 5.35. The van der Waals surface area contributed by atoms with Gasteiger partial charge in [0.25, 0.3) is 5.91 Å². The normalized spacial score (nSPS) is 12.2. The standard InChI is InChI=1S/C11H12FN5O/c1-7(10-16-14-6-17(10)2)15-11(18)8-4-3-5-13-9(8)12/h3-7H,1-2H3,(H,15,18). The summed E-state index contributed by atoms with van der Waals surface area (Å²) in [7, 11) is 1.77. The van der Waals surface area contributed by atoms with Gasteiger partial charge in [-0.1, -0.05) is 0 Å². The quantitative estimate of drug-likeness (QED) is 0.818. The molecule has 0 aliphatic heterocycles. The van der Waals surface area contributed by atoms with Gasteiger partial charge in [-0.05, 0) is 19.1 Å². The molecule has 0 aliphatic rings. The van der Waals surface area contributed by atoms with Gasteiger partial charge >= 0.3 is 0 Å². The molecule has 2 aromatic heterocycles. The Kier molecular flexibility index (Phi) is 3.31. The van der Waals surface area contributed by atoms with Crippen LogP contribution in [0.1, 0.15) is 29.1 Å².